The number of esters is 1. The SMILES string of the molecule is CC.CCC.COc1cc2c(Oc3ccc(NC(=O)c4c(C)n(C)n(-c5ccc(F)cc5)c4=O)cc3F)ccnc2cc1OCCC1(OC(=O)CN)CCCC1. The summed E-state index contributed by atoms with van der Waals surface area (Å²) < 4.78 is 54.9. The molecule has 0 spiro atoms. The molecule has 0 saturated heterocycles. The Labute approximate surface area is 325 Å². The normalized spacial score (nSPS) is 12.8. The molecule has 0 atom stereocenters. The van der Waals surface area contributed by atoms with Gasteiger partial charge in [-0.3, -0.25) is 24.0 Å². The van der Waals surface area contributed by atoms with Gasteiger partial charge < -0.3 is 30.0 Å². The number of pyridine rings is 1. The molecular formula is C42H51F2N5O7. The fourth-order valence-corrected chi connectivity index (χ4v) is 6.36. The van der Waals surface area contributed by atoms with Crippen LogP contribution in [-0.4, -0.2) is 52.1 Å². The van der Waals surface area contributed by atoms with Gasteiger partial charge in [-0.15, -0.1) is 0 Å². The summed E-state index contributed by atoms with van der Waals surface area (Å²) in [6.07, 6.45) is 6.66. The van der Waals surface area contributed by atoms with Crippen molar-refractivity contribution in [2.24, 2.45) is 12.8 Å². The van der Waals surface area contributed by atoms with Crippen LogP contribution in [0.2, 0.25) is 0 Å². The smallest absolute Gasteiger partial charge is 0.320 e. The van der Waals surface area contributed by atoms with Crippen LogP contribution in [0.15, 0.2) is 71.7 Å². The Hall–Kier alpha value is -5.76. The van der Waals surface area contributed by atoms with Crippen LogP contribution in [0, 0.1) is 18.6 Å². The second-order valence-electron chi connectivity index (χ2n) is 13.0. The number of nitrogens with one attached hydrogen (secondary N) is 1. The van der Waals surface area contributed by atoms with E-state index in [1.807, 2.05) is 13.8 Å². The van der Waals surface area contributed by atoms with Crippen molar-refractivity contribution in [3.63, 3.8) is 0 Å². The first kappa shape index (κ1) is 43.0. The zero-order valence-electron chi connectivity index (χ0n) is 33.0. The van der Waals surface area contributed by atoms with E-state index in [1.165, 1.54) is 65.5 Å². The number of carbonyl (C=O) groups excluding carboxylic acids is 2. The maximum atomic E-state index is 15.4. The summed E-state index contributed by atoms with van der Waals surface area (Å²) in [6, 6.07) is 14.1. The minimum absolute atomic E-state index is 0.0982. The lowest BCUT2D eigenvalue weighted by Gasteiger charge is -2.29. The fourth-order valence-electron chi connectivity index (χ4n) is 6.36. The van der Waals surface area contributed by atoms with E-state index in [0.717, 1.165) is 31.7 Å². The van der Waals surface area contributed by atoms with Crippen LogP contribution in [0.1, 0.15) is 82.3 Å². The standard InChI is InChI=1S/C37H37F2N5O7.C3H8.C2H6/c1-22-34(36(47)44(43(22)2)25-9-6-23(38)7-10-25)35(46)42-24-8-11-30(27(39)18-24)50-29-12-16-41-28-20-32(31(48-3)19-26(28)29)49-17-15-37(13-4-5-14-37)51-33(45)21-40;1-3-2;1-2/h6-12,16,18-20H,4-5,13-15,17,21,40H2,1-3H3,(H,42,46);3H2,1-2H3;1-2H3. The number of nitrogens with two attached hydrogens (primary N) is 1. The van der Waals surface area contributed by atoms with Gasteiger partial charge in [0.2, 0.25) is 0 Å². The number of amides is 1. The molecule has 0 aliphatic heterocycles. The lowest BCUT2D eigenvalue weighted by atomic mass is 9.98. The zero-order valence-corrected chi connectivity index (χ0v) is 33.0. The summed E-state index contributed by atoms with van der Waals surface area (Å²) in [6.45, 7) is 9.93. The second-order valence-corrected chi connectivity index (χ2v) is 13.0. The van der Waals surface area contributed by atoms with Crippen molar-refractivity contribution in [3.8, 4) is 28.7 Å². The molecule has 14 heteroatoms. The Bertz CT molecular complexity index is 2180. The highest BCUT2D eigenvalue weighted by Crippen LogP contribution is 2.40. The van der Waals surface area contributed by atoms with Crippen molar-refractivity contribution in [2.75, 3.05) is 25.6 Å². The third-order valence-electron chi connectivity index (χ3n) is 9.08. The monoisotopic (exact) mass is 775 g/mol. The van der Waals surface area contributed by atoms with Crippen molar-refractivity contribution < 1.29 is 37.3 Å². The molecule has 56 heavy (non-hydrogen) atoms. The number of rotatable bonds is 12. The Balaban J connectivity index is 0.00000133. The number of halogens is 2. The molecule has 300 valence electrons. The van der Waals surface area contributed by atoms with Gasteiger partial charge in [0.15, 0.2) is 23.1 Å². The number of nitrogens with zero attached hydrogens (tertiary/aromatic N) is 3. The molecule has 5 aromatic rings. The molecule has 3 aromatic carbocycles. The van der Waals surface area contributed by atoms with Gasteiger partial charge in [-0.1, -0.05) is 34.1 Å². The maximum absolute atomic E-state index is 15.4. The Kier molecular flexibility index (Phi) is 15.1. The largest absolute Gasteiger partial charge is 0.493 e. The minimum Gasteiger partial charge on any atom is -0.493 e. The molecule has 1 amide bonds. The summed E-state index contributed by atoms with van der Waals surface area (Å²) in [5, 5.41) is 3.11. The topological polar surface area (TPSA) is 149 Å². The molecule has 0 bridgehead atoms. The van der Waals surface area contributed by atoms with Gasteiger partial charge in [0.05, 0.1) is 37.2 Å². The van der Waals surface area contributed by atoms with Gasteiger partial charge in [0.25, 0.3) is 11.5 Å². The van der Waals surface area contributed by atoms with Gasteiger partial charge >= 0.3 is 5.97 Å². The van der Waals surface area contributed by atoms with Gasteiger partial charge in [0.1, 0.15) is 22.7 Å². The Morgan fingerprint density at radius 2 is 1.62 bits per heavy atom. The third kappa shape index (κ3) is 9.91. The third-order valence-corrected chi connectivity index (χ3v) is 9.08. The van der Waals surface area contributed by atoms with Crippen LogP contribution in [0.25, 0.3) is 16.6 Å². The summed E-state index contributed by atoms with van der Waals surface area (Å²) in [7, 11) is 3.10. The first-order valence-corrected chi connectivity index (χ1v) is 18.8. The van der Waals surface area contributed by atoms with E-state index in [0.29, 0.717) is 46.0 Å². The van der Waals surface area contributed by atoms with E-state index in [-0.39, 0.29) is 30.2 Å². The predicted molar refractivity (Wildman–Crippen MR) is 212 cm³/mol. The quantitative estimate of drug-likeness (QED) is 0.119. The van der Waals surface area contributed by atoms with Crippen LogP contribution in [0.5, 0.6) is 23.0 Å². The number of benzene rings is 3. The molecule has 0 unspecified atom stereocenters. The van der Waals surface area contributed by atoms with Gasteiger partial charge in [-0.2, -0.15) is 0 Å². The van der Waals surface area contributed by atoms with Crippen LogP contribution < -0.4 is 30.8 Å². The highest BCUT2D eigenvalue weighted by atomic mass is 19.1. The summed E-state index contributed by atoms with van der Waals surface area (Å²) in [4.78, 5) is 42.8. The van der Waals surface area contributed by atoms with E-state index in [9.17, 15) is 18.8 Å². The highest BCUT2D eigenvalue weighted by Gasteiger charge is 2.37. The van der Waals surface area contributed by atoms with Crippen LogP contribution in [-0.2, 0) is 16.6 Å². The molecule has 2 aromatic heterocycles. The van der Waals surface area contributed by atoms with Crippen LogP contribution >= 0.6 is 0 Å². The summed E-state index contributed by atoms with van der Waals surface area (Å²) >= 11 is 0. The van der Waals surface area contributed by atoms with Crippen molar-refractivity contribution in [3.05, 3.63) is 100 Å². The molecule has 0 radical (unpaired) electrons. The maximum Gasteiger partial charge on any atom is 0.320 e. The molecule has 1 saturated carbocycles. The number of aromatic nitrogens is 3. The Morgan fingerprint density at radius 1 is 0.946 bits per heavy atom. The van der Waals surface area contributed by atoms with Gasteiger partial charge in [0, 0.05) is 42.9 Å². The molecule has 6 rings (SSSR count). The average molecular weight is 776 g/mol. The minimum atomic E-state index is -0.769. The fraction of sp³-hybridized carbons (Fsp3) is 0.381. The number of hydrogen-bond donors (Lipinski definition) is 2. The lowest BCUT2D eigenvalue weighted by molar-refractivity contribution is -0.158. The van der Waals surface area contributed by atoms with Crippen LogP contribution in [0.3, 0.4) is 0 Å². The molecule has 3 N–H and O–H groups in total. The van der Waals surface area contributed by atoms with Crippen molar-refractivity contribution in [1.82, 2.24) is 14.3 Å². The van der Waals surface area contributed by atoms with Crippen molar-refractivity contribution in [1.29, 1.82) is 0 Å². The highest BCUT2D eigenvalue weighted by molar-refractivity contribution is 6.05. The van der Waals surface area contributed by atoms with E-state index < -0.39 is 34.7 Å². The molecule has 1 aliphatic carbocycles. The number of methoxy groups -OCH3 is 1. The van der Waals surface area contributed by atoms with E-state index >= 15 is 4.39 Å². The summed E-state index contributed by atoms with van der Waals surface area (Å²) in [5.74, 6) is -1.41. The number of hydrogen-bond acceptors (Lipinski definition) is 9. The number of fused-ring (bicyclic) bond motifs is 1. The Morgan fingerprint density at radius 3 is 2.25 bits per heavy atom. The predicted octanol–water partition coefficient (Wildman–Crippen LogP) is 8.39. The lowest BCUT2D eigenvalue weighted by Crippen LogP contribution is -2.36. The first-order chi connectivity index (χ1) is 26.9. The van der Waals surface area contributed by atoms with E-state index in [2.05, 4.69) is 24.1 Å². The van der Waals surface area contributed by atoms with E-state index in [4.69, 9.17) is 24.7 Å². The number of anilines is 1. The van der Waals surface area contributed by atoms with E-state index in [1.54, 1.807) is 32.2 Å². The van der Waals surface area contributed by atoms with Gasteiger partial charge in [-0.25, -0.2) is 13.5 Å². The molecular weight excluding hydrogens is 724 g/mol. The van der Waals surface area contributed by atoms with Gasteiger partial charge in [-0.05, 0) is 81.1 Å². The van der Waals surface area contributed by atoms with Crippen LogP contribution in [0.4, 0.5) is 14.5 Å². The second kappa shape index (κ2) is 19.7. The average Bonchev–Trinajstić information content (AvgIpc) is 3.74. The van der Waals surface area contributed by atoms with Crippen molar-refractivity contribution in [2.45, 2.75) is 78.7 Å². The summed E-state index contributed by atoms with van der Waals surface area (Å²) in [5.41, 5.74) is 5.46. The molecule has 1 fully saturated rings. The molecule has 12 nitrogen and oxygen atoms in total. The number of ether oxygens (including phenoxy) is 4. The zero-order chi connectivity index (χ0) is 41.0. The van der Waals surface area contributed by atoms with Crippen molar-refractivity contribution >= 4 is 28.5 Å². The first-order valence-electron chi connectivity index (χ1n) is 18.8. The molecule has 2 heterocycles. The number of carbonyl (C=O) groups is 2. The molecule has 1 aliphatic rings.